The van der Waals surface area contributed by atoms with Gasteiger partial charge in [-0.25, -0.2) is 0 Å². The Morgan fingerprint density at radius 1 is 1.33 bits per heavy atom. The third kappa shape index (κ3) is 4.29. The van der Waals surface area contributed by atoms with Gasteiger partial charge < -0.3 is 9.32 Å². The molecule has 21 heavy (non-hydrogen) atoms. The van der Waals surface area contributed by atoms with Crippen LogP contribution in [0.2, 0.25) is 0 Å². The second kappa shape index (κ2) is 6.71. The lowest BCUT2D eigenvalue weighted by Crippen LogP contribution is -2.48. The topological polar surface area (TPSA) is 79.8 Å². The van der Waals surface area contributed by atoms with Gasteiger partial charge in [-0.2, -0.15) is 0 Å². The number of piperazine rings is 1. The lowest BCUT2D eigenvalue weighted by atomic mass is 10.1. The van der Waals surface area contributed by atoms with Gasteiger partial charge in [0.05, 0.1) is 12.6 Å². The van der Waals surface area contributed by atoms with Crippen molar-refractivity contribution in [2.24, 2.45) is 5.92 Å². The summed E-state index contributed by atoms with van der Waals surface area (Å²) in [5, 5.41) is 10.6. The fraction of sp³-hybridized carbons (Fsp3) is 0.643. The zero-order chi connectivity index (χ0) is 15.4. The van der Waals surface area contributed by atoms with Crippen LogP contribution in [-0.4, -0.2) is 46.8 Å². The first-order valence-corrected chi connectivity index (χ1v) is 7.19. The minimum atomic E-state index is -0.536. The Labute approximate surface area is 123 Å². The Morgan fingerprint density at radius 2 is 2.00 bits per heavy atom. The number of carbonyl (C=O) groups excluding carboxylic acids is 1. The molecule has 0 N–H and O–H groups in total. The molecule has 0 saturated carbocycles. The van der Waals surface area contributed by atoms with Crippen molar-refractivity contribution in [2.75, 3.05) is 26.2 Å². The van der Waals surface area contributed by atoms with Crippen molar-refractivity contribution >= 4 is 11.8 Å². The van der Waals surface area contributed by atoms with Gasteiger partial charge in [0.15, 0.2) is 0 Å². The summed E-state index contributed by atoms with van der Waals surface area (Å²) in [6.45, 7) is 7.55. The average molecular weight is 295 g/mol. The fourth-order valence-corrected chi connectivity index (χ4v) is 2.40. The van der Waals surface area contributed by atoms with Crippen molar-refractivity contribution < 1.29 is 14.1 Å². The molecule has 0 spiro atoms. The molecule has 7 nitrogen and oxygen atoms in total. The van der Waals surface area contributed by atoms with Gasteiger partial charge in [-0.15, -0.1) is 0 Å². The van der Waals surface area contributed by atoms with E-state index in [4.69, 9.17) is 4.42 Å². The van der Waals surface area contributed by atoms with Crippen molar-refractivity contribution in [1.82, 2.24) is 9.80 Å². The van der Waals surface area contributed by atoms with Crippen LogP contribution in [0.3, 0.4) is 0 Å². The highest BCUT2D eigenvalue weighted by atomic mass is 16.6. The van der Waals surface area contributed by atoms with Crippen LogP contribution in [-0.2, 0) is 11.3 Å². The molecule has 0 bridgehead atoms. The van der Waals surface area contributed by atoms with Crippen LogP contribution in [0, 0.1) is 16.0 Å². The molecule has 1 fully saturated rings. The summed E-state index contributed by atoms with van der Waals surface area (Å²) >= 11 is 0. The van der Waals surface area contributed by atoms with E-state index in [1.54, 1.807) is 6.07 Å². The molecule has 0 aliphatic carbocycles. The van der Waals surface area contributed by atoms with Crippen molar-refractivity contribution in [3.05, 3.63) is 28.0 Å². The van der Waals surface area contributed by atoms with Gasteiger partial charge in [-0.05, 0) is 12.0 Å². The van der Waals surface area contributed by atoms with E-state index in [0.29, 0.717) is 37.7 Å². The Bertz CT molecular complexity index is 504. The van der Waals surface area contributed by atoms with Crippen LogP contribution >= 0.6 is 0 Å². The molecule has 1 saturated heterocycles. The summed E-state index contributed by atoms with van der Waals surface area (Å²) in [6.07, 6.45) is 0.588. The van der Waals surface area contributed by atoms with Gasteiger partial charge >= 0.3 is 5.88 Å². The fourth-order valence-electron chi connectivity index (χ4n) is 2.40. The lowest BCUT2D eigenvalue weighted by molar-refractivity contribution is -0.402. The number of nitro groups is 1. The van der Waals surface area contributed by atoms with E-state index in [1.807, 2.05) is 18.7 Å². The second-order valence-corrected chi connectivity index (χ2v) is 5.75. The Kier molecular flexibility index (Phi) is 4.95. The quantitative estimate of drug-likeness (QED) is 0.612. The number of furan rings is 1. The van der Waals surface area contributed by atoms with E-state index in [2.05, 4.69) is 4.90 Å². The van der Waals surface area contributed by atoms with E-state index in [1.165, 1.54) is 6.07 Å². The van der Waals surface area contributed by atoms with Crippen molar-refractivity contribution in [2.45, 2.75) is 26.8 Å². The van der Waals surface area contributed by atoms with Crippen LogP contribution in [0.25, 0.3) is 0 Å². The van der Waals surface area contributed by atoms with Crippen LogP contribution in [0.5, 0.6) is 0 Å². The highest BCUT2D eigenvalue weighted by Gasteiger charge is 2.22. The first-order chi connectivity index (χ1) is 9.95. The first-order valence-electron chi connectivity index (χ1n) is 7.19. The van der Waals surface area contributed by atoms with E-state index in [0.717, 1.165) is 13.1 Å². The van der Waals surface area contributed by atoms with E-state index >= 15 is 0 Å². The molecule has 2 heterocycles. The maximum atomic E-state index is 12.0. The molecule has 0 aromatic carbocycles. The number of rotatable bonds is 5. The second-order valence-electron chi connectivity index (χ2n) is 5.75. The molecule has 1 aliphatic heterocycles. The van der Waals surface area contributed by atoms with Gasteiger partial charge in [0.1, 0.15) is 10.7 Å². The molecule has 116 valence electrons. The number of nitrogens with zero attached hydrogens (tertiary/aromatic N) is 3. The van der Waals surface area contributed by atoms with Crippen molar-refractivity contribution in [3.8, 4) is 0 Å². The molecule has 7 heteroatoms. The smallest absolute Gasteiger partial charge is 0.404 e. The standard InChI is InChI=1S/C14H21N3O4/c1-11(2)9-13(18)16-7-5-15(6-8-16)10-12-3-4-14(21-12)17(19)20/h3-4,11H,5-10H2,1-2H3. The van der Waals surface area contributed by atoms with Crippen LogP contribution in [0.15, 0.2) is 16.5 Å². The molecule has 2 rings (SSSR count). The Morgan fingerprint density at radius 3 is 2.52 bits per heavy atom. The van der Waals surface area contributed by atoms with E-state index in [9.17, 15) is 14.9 Å². The third-order valence-electron chi connectivity index (χ3n) is 3.51. The van der Waals surface area contributed by atoms with E-state index in [-0.39, 0.29) is 11.8 Å². The zero-order valence-corrected chi connectivity index (χ0v) is 12.4. The van der Waals surface area contributed by atoms with Gasteiger partial charge in [-0.3, -0.25) is 19.8 Å². The highest BCUT2D eigenvalue weighted by molar-refractivity contribution is 5.76. The summed E-state index contributed by atoms with van der Waals surface area (Å²) < 4.78 is 5.15. The predicted octanol–water partition coefficient (Wildman–Crippen LogP) is 1.88. The molecule has 0 unspecified atom stereocenters. The predicted molar refractivity (Wildman–Crippen MR) is 76.7 cm³/mol. The van der Waals surface area contributed by atoms with Crippen LogP contribution < -0.4 is 0 Å². The van der Waals surface area contributed by atoms with E-state index < -0.39 is 4.92 Å². The molecule has 1 aliphatic rings. The highest BCUT2D eigenvalue weighted by Crippen LogP contribution is 2.18. The largest absolute Gasteiger partial charge is 0.433 e. The summed E-state index contributed by atoms with van der Waals surface area (Å²) in [7, 11) is 0. The van der Waals surface area contributed by atoms with Gasteiger partial charge in [0, 0.05) is 32.6 Å². The molecule has 1 aromatic rings. The molecule has 1 amide bonds. The minimum absolute atomic E-state index is 0.207. The van der Waals surface area contributed by atoms with Gasteiger partial charge in [-0.1, -0.05) is 13.8 Å². The van der Waals surface area contributed by atoms with Crippen LogP contribution in [0.4, 0.5) is 5.88 Å². The summed E-state index contributed by atoms with van der Waals surface area (Å²) in [5.74, 6) is 0.942. The first kappa shape index (κ1) is 15.5. The summed E-state index contributed by atoms with van der Waals surface area (Å²) in [4.78, 5) is 26.0. The maximum absolute atomic E-state index is 12.0. The summed E-state index contributed by atoms with van der Waals surface area (Å²) in [6, 6.07) is 3.01. The van der Waals surface area contributed by atoms with Gasteiger partial charge in [0.2, 0.25) is 5.91 Å². The Balaban J connectivity index is 1.81. The third-order valence-corrected chi connectivity index (χ3v) is 3.51. The SMILES string of the molecule is CC(C)CC(=O)N1CCN(Cc2ccc([N+](=O)[O-])o2)CC1. The number of hydrogen-bond donors (Lipinski definition) is 0. The summed E-state index contributed by atoms with van der Waals surface area (Å²) in [5.41, 5.74) is 0. The monoisotopic (exact) mass is 295 g/mol. The zero-order valence-electron chi connectivity index (χ0n) is 12.4. The van der Waals surface area contributed by atoms with Crippen LogP contribution in [0.1, 0.15) is 26.0 Å². The molecule has 1 aromatic heterocycles. The molecule has 0 radical (unpaired) electrons. The lowest BCUT2D eigenvalue weighted by Gasteiger charge is -2.34. The van der Waals surface area contributed by atoms with Gasteiger partial charge in [0.25, 0.3) is 0 Å². The normalized spacial score (nSPS) is 16.4. The molecular formula is C14H21N3O4. The maximum Gasteiger partial charge on any atom is 0.433 e. The number of hydrogen-bond acceptors (Lipinski definition) is 5. The molecule has 0 atom stereocenters. The number of carbonyl (C=O) groups is 1. The van der Waals surface area contributed by atoms with Crippen molar-refractivity contribution in [1.29, 1.82) is 0 Å². The number of amides is 1. The van der Waals surface area contributed by atoms with Crippen molar-refractivity contribution in [3.63, 3.8) is 0 Å². The molecular weight excluding hydrogens is 274 g/mol. The Hall–Kier alpha value is -1.89. The minimum Gasteiger partial charge on any atom is -0.404 e. The average Bonchev–Trinajstić information content (AvgIpc) is 2.87.